The van der Waals surface area contributed by atoms with Crippen LogP contribution in [0.15, 0.2) is 48.5 Å². The van der Waals surface area contributed by atoms with Crippen LogP contribution in [0.4, 0.5) is 4.39 Å². The van der Waals surface area contributed by atoms with Gasteiger partial charge in [0.25, 0.3) is 5.91 Å². The zero-order valence-corrected chi connectivity index (χ0v) is 13.3. The van der Waals surface area contributed by atoms with E-state index in [1.807, 2.05) is 0 Å². The molecule has 0 unspecified atom stereocenters. The minimum absolute atomic E-state index is 0.248. The van der Waals surface area contributed by atoms with Gasteiger partial charge in [-0.15, -0.1) is 0 Å². The first kappa shape index (κ1) is 17.1. The molecule has 0 saturated heterocycles. The largest absolute Gasteiger partial charge is 0.492 e. The molecule has 0 radical (unpaired) electrons. The van der Waals surface area contributed by atoms with Gasteiger partial charge in [0.2, 0.25) is 0 Å². The van der Waals surface area contributed by atoms with Gasteiger partial charge in [-0.05, 0) is 55.5 Å². The van der Waals surface area contributed by atoms with Crippen LogP contribution in [0.25, 0.3) is 0 Å². The lowest BCUT2D eigenvalue weighted by Crippen LogP contribution is -2.38. The normalized spacial score (nSPS) is 11.6. The quantitative estimate of drug-likeness (QED) is 0.787. The van der Waals surface area contributed by atoms with Crippen LogP contribution < -0.4 is 14.8 Å². The van der Waals surface area contributed by atoms with Gasteiger partial charge in [0, 0.05) is 5.02 Å². The van der Waals surface area contributed by atoms with E-state index in [0.717, 1.165) is 0 Å². The third kappa shape index (κ3) is 5.79. The van der Waals surface area contributed by atoms with E-state index in [1.54, 1.807) is 31.2 Å². The Labute approximate surface area is 139 Å². The zero-order valence-electron chi connectivity index (χ0n) is 12.6. The Balaban J connectivity index is 1.69. The molecule has 2 rings (SSSR count). The maximum atomic E-state index is 12.7. The van der Waals surface area contributed by atoms with Gasteiger partial charge in [-0.2, -0.15) is 0 Å². The van der Waals surface area contributed by atoms with Gasteiger partial charge >= 0.3 is 0 Å². The van der Waals surface area contributed by atoms with Gasteiger partial charge in [-0.25, -0.2) is 4.39 Å². The second-order valence-electron chi connectivity index (χ2n) is 4.81. The highest BCUT2D eigenvalue weighted by molar-refractivity contribution is 6.30. The monoisotopic (exact) mass is 337 g/mol. The van der Waals surface area contributed by atoms with Crippen LogP contribution in [-0.4, -0.2) is 25.2 Å². The van der Waals surface area contributed by atoms with Crippen molar-refractivity contribution < 1.29 is 18.7 Å². The Morgan fingerprint density at radius 3 is 2.39 bits per heavy atom. The summed E-state index contributed by atoms with van der Waals surface area (Å²) in [5.74, 6) is 0.548. The minimum Gasteiger partial charge on any atom is -0.492 e. The number of hydrogen-bond acceptors (Lipinski definition) is 3. The lowest BCUT2D eigenvalue weighted by atomic mass is 10.3. The van der Waals surface area contributed by atoms with Crippen molar-refractivity contribution >= 4 is 17.5 Å². The highest BCUT2D eigenvalue weighted by Crippen LogP contribution is 2.16. The summed E-state index contributed by atoms with van der Waals surface area (Å²) in [5.41, 5.74) is 0. The van der Waals surface area contributed by atoms with Gasteiger partial charge in [0.15, 0.2) is 6.10 Å². The Hall–Kier alpha value is -2.27. The molecule has 0 aliphatic carbocycles. The molecule has 1 N–H and O–H groups in total. The first-order valence-electron chi connectivity index (χ1n) is 7.13. The highest BCUT2D eigenvalue weighted by atomic mass is 35.5. The van der Waals surface area contributed by atoms with Gasteiger partial charge < -0.3 is 14.8 Å². The number of nitrogens with one attached hydrogen (secondary N) is 1. The fourth-order valence-corrected chi connectivity index (χ4v) is 1.91. The summed E-state index contributed by atoms with van der Waals surface area (Å²) in [7, 11) is 0. The van der Waals surface area contributed by atoms with E-state index < -0.39 is 6.10 Å². The van der Waals surface area contributed by atoms with E-state index in [9.17, 15) is 9.18 Å². The average molecular weight is 338 g/mol. The predicted octanol–water partition coefficient (Wildman–Crippen LogP) is 3.44. The molecular formula is C17H17ClFNO3. The van der Waals surface area contributed by atoms with Gasteiger partial charge in [-0.3, -0.25) is 4.79 Å². The molecular weight excluding hydrogens is 321 g/mol. The fourth-order valence-electron chi connectivity index (χ4n) is 1.79. The van der Waals surface area contributed by atoms with Crippen molar-refractivity contribution in [1.29, 1.82) is 0 Å². The molecule has 2 aromatic rings. The molecule has 23 heavy (non-hydrogen) atoms. The van der Waals surface area contributed by atoms with Crippen LogP contribution in [0, 0.1) is 5.82 Å². The third-order valence-electron chi connectivity index (χ3n) is 2.98. The second kappa shape index (κ2) is 8.39. The molecule has 0 fully saturated rings. The second-order valence-corrected chi connectivity index (χ2v) is 5.24. The Morgan fingerprint density at radius 2 is 1.74 bits per heavy atom. The fraction of sp³-hybridized carbons (Fsp3) is 0.235. The van der Waals surface area contributed by atoms with E-state index in [4.69, 9.17) is 21.1 Å². The molecule has 4 nitrogen and oxygen atoms in total. The molecule has 0 aliphatic rings. The number of amides is 1. The summed E-state index contributed by atoms with van der Waals surface area (Å²) in [6.07, 6.45) is -0.637. The summed E-state index contributed by atoms with van der Waals surface area (Å²) >= 11 is 5.78. The van der Waals surface area contributed by atoms with Crippen LogP contribution in [0.1, 0.15) is 6.92 Å². The predicted molar refractivity (Wildman–Crippen MR) is 86.4 cm³/mol. The molecule has 0 saturated carbocycles. The van der Waals surface area contributed by atoms with Crippen molar-refractivity contribution in [3.63, 3.8) is 0 Å². The maximum Gasteiger partial charge on any atom is 0.260 e. The number of hydrogen-bond donors (Lipinski definition) is 1. The Kier molecular flexibility index (Phi) is 6.23. The van der Waals surface area contributed by atoms with Crippen LogP contribution in [0.5, 0.6) is 11.5 Å². The van der Waals surface area contributed by atoms with Crippen LogP contribution in [0.2, 0.25) is 5.02 Å². The van der Waals surface area contributed by atoms with Crippen molar-refractivity contribution in [1.82, 2.24) is 5.32 Å². The van der Waals surface area contributed by atoms with Crippen molar-refractivity contribution in [3.05, 3.63) is 59.4 Å². The Bertz CT molecular complexity index is 631. The number of benzene rings is 2. The van der Waals surface area contributed by atoms with Crippen molar-refractivity contribution in [2.75, 3.05) is 13.2 Å². The zero-order chi connectivity index (χ0) is 16.7. The van der Waals surface area contributed by atoms with Gasteiger partial charge in [0.1, 0.15) is 23.9 Å². The lowest BCUT2D eigenvalue weighted by molar-refractivity contribution is -0.127. The number of ether oxygens (including phenoxy) is 2. The maximum absolute atomic E-state index is 12.7. The standard InChI is InChI=1S/C17H17ClFNO3/c1-12(23-16-6-2-13(18)3-7-16)17(21)20-10-11-22-15-8-4-14(19)5-9-15/h2-9,12H,10-11H2,1H3,(H,20,21)/t12-/m0/s1. The first-order valence-corrected chi connectivity index (χ1v) is 7.50. The van der Waals surface area contributed by atoms with Crippen molar-refractivity contribution in [3.8, 4) is 11.5 Å². The summed E-state index contributed by atoms with van der Waals surface area (Å²) < 4.78 is 23.6. The number of carbonyl (C=O) groups excluding carboxylic acids is 1. The average Bonchev–Trinajstić information content (AvgIpc) is 2.55. The molecule has 0 aromatic heterocycles. The third-order valence-corrected chi connectivity index (χ3v) is 3.23. The summed E-state index contributed by atoms with van der Waals surface area (Å²) in [5, 5.41) is 3.31. The number of carbonyl (C=O) groups is 1. The molecule has 1 atom stereocenters. The van der Waals surface area contributed by atoms with Gasteiger partial charge in [-0.1, -0.05) is 11.6 Å². The molecule has 122 valence electrons. The van der Waals surface area contributed by atoms with E-state index in [0.29, 0.717) is 23.1 Å². The molecule has 0 aliphatic heterocycles. The summed E-state index contributed by atoms with van der Waals surface area (Å²) in [4.78, 5) is 11.9. The van der Waals surface area contributed by atoms with E-state index >= 15 is 0 Å². The SMILES string of the molecule is C[C@H](Oc1ccc(Cl)cc1)C(=O)NCCOc1ccc(F)cc1. The van der Waals surface area contributed by atoms with Crippen molar-refractivity contribution in [2.45, 2.75) is 13.0 Å². The summed E-state index contributed by atoms with van der Waals surface area (Å²) in [6.45, 7) is 2.26. The number of halogens is 2. The topological polar surface area (TPSA) is 47.6 Å². The first-order chi connectivity index (χ1) is 11.0. The molecule has 6 heteroatoms. The minimum atomic E-state index is -0.637. The van der Waals surface area contributed by atoms with Gasteiger partial charge in [0.05, 0.1) is 6.54 Å². The Morgan fingerprint density at radius 1 is 1.13 bits per heavy atom. The molecule has 0 heterocycles. The van der Waals surface area contributed by atoms with Crippen LogP contribution in [0.3, 0.4) is 0 Å². The molecule has 2 aromatic carbocycles. The number of rotatable bonds is 7. The van der Waals surface area contributed by atoms with Crippen molar-refractivity contribution in [2.24, 2.45) is 0 Å². The molecule has 1 amide bonds. The van der Waals surface area contributed by atoms with Crippen LogP contribution in [-0.2, 0) is 4.79 Å². The van der Waals surface area contributed by atoms with E-state index in [2.05, 4.69) is 5.32 Å². The molecule has 0 spiro atoms. The highest BCUT2D eigenvalue weighted by Gasteiger charge is 2.13. The summed E-state index contributed by atoms with van der Waals surface area (Å²) in [6, 6.07) is 12.5. The molecule has 0 bridgehead atoms. The van der Waals surface area contributed by atoms with E-state index in [-0.39, 0.29) is 18.3 Å². The van der Waals surface area contributed by atoms with E-state index in [1.165, 1.54) is 24.3 Å². The smallest absolute Gasteiger partial charge is 0.260 e. The van der Waals surface area contributed by atoms with Crippen LogP contribution >= 0.6 is 11.6 Å². The lowest BCUT2D eigenvalue weighted by Gasteiger charge is -2.15.